The maximum absolute atomic E-state index is 12.9. The molecule has 1 amide bonds. The van der Waals surface area contributed by atoms with Crippen molar-refractivity contribution < 1.29 is 14.3 Å². The number of fused-ring (bicyclic) bond motifs is 1. The molecule has 0 saturated heterocycles. The van der Waals surface area contributed by atoms with E-state index in [1.807, 2.05) is 26.8 Å². The number of aromatic nitrogens is 6. The largest absolute Gasteiger partial charge is 0.493 e. The van der Waals surface area contributed by atoms with Crippen molar-refractivity contribution in [2.45, 2.75) is 40.2 Å². The summed E-state index contributed by atoms with van der Waals surface area (Å²) in [6.07, 6.45) is 2.12. The van der Waals surface area contributed by atoms with Crippen LogP contribution in [0.15, 0.2) is 35.4 Å². The molecule has 0 saturated carbocycles. The van der Waals surface area contributed by atoms with E-state index in [4.69, 9.17) is 9.47 Å². The van der Waals surface area contributed by atoms with Gasteiger partial charge in [0.15, 0.2) is 11.5 Å². The Bertz CT molecular complexity index is 1440. The van der Waals surface area contributed by atoms with Gasteiger partial charge in [0.25, 0.3) is 11.5 Å². The van der Waals surface area contributed by atoms with Crippen molar-refractivity contribution in [1.29, 1.82) is 0 Å². The molecule has 35 heavy (non-hydrogen) atoms. The Hall–Kier alpha value is -4.28. The van der Waals surface area contributed by atoms with Crippen LogP contribution in [0.4, 0.5) is 5.82 Å². The number of ether oxygens (including phenoxy) is 2. The normalized spacial score (nSPS) is 11.0. The summed E-state index contributed by atoms with van der Waals surface area (Å²) in [5.74, 6) is 1.64. The fourth-order valence-corrected chi connectivity index (χ4v) is 3.80. The average Bonchev–Trinajstić information content (AvgIpc) is 3.19. The lowest BCUT2D eigenvalue weighted by Gasteiger charge is -2.11. The summed E-state index contributed by atoms with van der Waals surface area (Å²) >= 11 is 0. The quantitative estimate of drug-likeness (QED) is 0.411. The number of methoxy groups -OCH3 is 2. The van der Waals surface area contributed by atoms with Crippen LogP contribution in [0.5, 0.6) is 11.5 Å². The highest BCUT2D eigenvalue weighted by molar-refractivity contribution is 5.90. The molecule has 182 valence electrons. The number of carbonyl (C=O) groups is 1. The summed E-state index contributed by atoms with van der Waals surface area (Å²) in [4.78, 5) is 38.8. The first-order valence-electron chi connectivity index (χ1n) is 11.1. The molecule has 1 N–H and O–H groups in total. The number of benzene rings is 1. The zero-order valence-corrected chi connectivity index (χ0v) is 20.3. The van der Waals surface area contributed by atoms with Crippen LogP contribution in [0.25, 0.3) is 16.9 Å². The van der Waals surface area contributed by atoms with Crippen molar-refractivity contribution in [3.8, 4) is 17.4 Å². The minimum Gasteiger partial charge on any atom is -0.493 e. The van der Waals surface area contributed by atoms with E-state index < -0.39 is 0 Å². The SMILES string of the molecule is COc1cc2ncn(CCCC(=O)Nc3cc(C)nn3-c3nc(C)cc(C)n3)c(=O)c2cc1OC. The van der Waals surface area contributed by atoms with Gasteiger partial charge in [0.05, 0.1) is 37.1 Å². The van der Waals surface area contributed by atoms with E-state index in [0.29, 0.717) is 47.1 Å². The first-order valence-corrected chi connectivity index (χ1v) is 11.1. The molecule has 0 atom stereocenters. The van der Waals surface area contributed by atoms with Crippen LogP contribution in [0.1, 0.15) is 29.9 Å². The van der Waals surface area contributed by atoms with Gasteiger partial charge >= 0.3 is 0 Å². The Balaban J connectivity index is 1.45. The number of aryl methyl sites for hydroxylation is 4. The second kappa shape index (κ2) is 9.92. The van der Waals surface area contributed by atoms with Gasteiger partial charge in [0.1, 0.15) is 5.82 Å². The van der Waals surface area contributed by atoms with Crippen molar-refractivity contribution in [3.05, 3.63) is 58.0 Å². The Morgan fingerprint density at radius 1 is 0.971 bits per heavy atom. The average molecular weight is 478 g/mol. The first kappa shape index (κ1) is 23.9. The van der Waals surface area contributed by atoms with Crippen LogP contribution in [0.3, 0.4) is 0 Å². The van der Waals surface area contributed by atoms with Gasteiger partial charge in [-0.1, -0.05) is 0 Å². The van der Waals surface area contributed by atoms with Gasteiger partial charge in [-0.05, 0) is 39.3 Å². The van der Waals surface area contributed by atoms with Crippen LogP contribution in [-0.2, 0) is 11.3 Å². The highest BCUT2D eigenvalue weighted by Crippen LogP contribution is 2.29. The summed E-state index contributed by atoms with van der Waals surface area (Å²) in [7, 11) is 3.04. The van der Waals surface area contributed by atoms with E-state index in [9.17, 15) is 9.59 Å². The fourth-order valence-electron chi connectivity index (χ4n) is 3.80. The number of hydrogen-bond acceptors (Lipinski definition) is 8. The lowest BCUT2D eigenvalue weighted by Crippen LogP contribution is -2.22. The molecular weight excluding hydrogens is 450 g/mol. The van der Waals surface area contributed by atoms with Crippen molar-refractivity contribution in [2.75, 3.05) is 19.5 Å². The van der Waals surface area contributed by atoms with Gasteiger partial charge in [-0.15, -0.1) is 0 Å². The van der Waals surface area contributed by atoms with Crippen molar-refractivity contribution >= 4 is 22.6 Å². The van der Waals surface area contributed by atoms with E-state index in [-0.39, 0.29) is 17.9 Å². The molecule has 0 aliphatic carbocycles. The van der Waals surface area contributed by atoms with E-state index in [1.54, 1.807) is 18.2 Å². The van der Waals surface area contributed by atoms with Crippen LogP contribution < -0.4 is 20.3 Å². The topological polar surface area (TPSA) is 126 Å². The van der Waals surface area contributed by atoms with Crippen LogP contribution in [0.2, 0.25) is 0 Å². The molecule has 0 aliphatic rings. The lowest BCUT2D eigenvalue weighted by molar-refractivity contribution is -0.116. The van der Waals surface area contributed by atoms with Gasteiger partial charge in [-0.2, -0.15) is 9.78 Å². The lowest BCUT2D eigenvalue weighted by atomic mass is 10.2. The Morgan fingerprint density at radius 2 is 1.66 bits per heavy atom. The number of nitrogens with one attached hydrogen (secondary N) is 1. The summed E-state index contributed by atoms with van der Waals surface area (Å²) in [5, 5.41) is 7.71. The number of hydrogen-bond donors (Lipinski definition) is 1. The van der Waals surface area contributed by atoms with Gasteiger partial charge in [0, 0.05) is 36.5 Å². The highest BCUT2D eigenvalue weighted by Gasteiger charge is 2.15. The summed E-state index contributed by atoms with van der Waals surface area (Å²) in [6, 6.07) is 6.91. The summed E-state index contributed by atoms with van der Waals surface area (Å²) in [6.45, 7) is 5.92. The highest BCUT2D eigenvalue weighted by atomic mass is 16.5. The monoisotopic (exact) mass is 477 g/mol. The van der Waals surface area contributed by atoms with E-state index in [1.165, 1.54) is 29.8 Å². The molecule has 11 heteroatoms. The molecule has 3 heterocycles. The predicted molar refractivity (Wildman–Crippen MR) is 130 cm³/mol. The Kier molecular flexibility index (Phi) is 6.76. The molecular formula is C24H27N7O4. The number of carbonyl (C=O) groups excluding carboxylic acids is 1. The number of anilines is 1. The fraction of sp³-hybridized carbons (Fsp3) is 0.333. The van der Waals surface area contributed by atoms with Crippen LogP contribution in [-0.4, -0.2) is 49.4 Å². The molecule has 4 rings (SSSR count). The van der Waals surface area contributed by atoms with Gasteiger partial charge in [-0.25, -0.2) is 15.0 Å². The van der Waals surface area contributed by atoms with Gasteiger partial charge in [-0.3, -0.25) is 14.2 Å². The Labute approximate surface area is 201 Å². The molecule has 4 aromatic rings. The number of nitrogens with zero attached hydrogens (tertiary/aromatic N) is 6. The molecule has 0 radical (unpaired) electrons. The molecule has 0 fully saturated rings. The minimum absolute atomic E-state index is 0.203. The third kappa shape index (κ3) is 5.13. The molecule has 0 unspecified atom stereocenters. The molecule has 11 nitrogen and oxygen atoms in total. The zero-order valence-electron chi connectivity index (χ0n) is 20.3. The summed E-state index contributed by atoms with van der Waals surface area (Å²) in [5.41, 5.74) is 2.65. The molecule has 1 aromatic carbocycles. The van der Waals surface area contributed by atoms with Crippen molar-refractivity contribution in [3.63, 3.8) is 0 Å². The van der Waals surface area contributed by atoms with Gasteiger partial charge < -0.3 is 14.8 Å². The van der Waals surface area contributed by atoms with E-state index in [0.717, 1.165) is 17.1 Å². The summed E-state index contributed by atoms with van der Waals surface area (Å²) < 4.78 is 13.6. The third-order valence-corrected chi connectivity index (χ3v) is 5.39. The first-order chi connectivity index (χ1) is 16.8. The molecule has 0 spiro atoms. The van der Waals surface area contributed by atoms with Crippen molar-refractivity contribution in [2.24, 2.45) is 0 Å². The van der Waals surface area contributed by atoms with Crippen molar-refractivity contribution in [1.82, 2.24) is 29.3 Å². The molecule has 3 aromatic heterocycles. The zero-order chi connectivity index (χ0) is 25.1. The number of amides is 1. The predicted octanol–water partition coefficient (Wildman–Crippen LogP) is 2.73. The molecule has 0 aliphatic heterocycles. The van der Waals surface area contributed by atoms with Gasteiger partial charge in [0.2, 0.25) is 5.91 Å². The third-order valence-electron chi connectivity index (χ3n) is 5.39. The molecule has 0 bridgehead atoms. The van der Waals surface area contributed by atoms with E-state index >= 15 is 0 Å². The van der Waals surface area contributed by atoms with Crippen LogP contribution >= 0.6 is 0 Å². The van der Waals surface area contributed by atoms with E-state index in [2.05, 4.69) is 25.4 Å². The standard InChI is InChI=1S/C24H27N7O4/c1-14-9-15(2)27-24(26-14)31-21(10-16(3)29-31)28-22(32)7-6-8-30-13-25-18-12-20(35-5)19(34-4)11-17(18)23(30)33/h9-13H,6-8H2,1-5H3,(H,28,32). The smallest absolute Gasteiger partial charge is 0.261 e. The Morgan fingerprint density at radius 3 is 2.34 bits per heavy atom. The number of rotatable bonds is 8. The maximum Gasteiger partial charge on any atom is 0.261 e. The minimum atomic E-state index is -0.211. The second-order valence-corrected chi connectivity index (χ2v) is 8.15. The second-order valence-electron chi connectivity index (χ2n) is 8.15. The maximum atomic E-state index is 12.9. The van der Waals surface area contributed by atoms with Crippen LogP contribution in [0, 0.1) is 20.8 Å².